The molecular formula is C18H14BrClN2. The number of hydrogen-bond donors (Lipinski definition) is 1. The summed E-state index contributed by atoms with van der Waals surface area (Å²) in [5.74, 6) is 0. The van der Waals surface area contributed by atoms with Crippen molar-refractivity contribution in [3.8, 4) is 5.69 Å². The Morgan fingerprint density at radius 1 is 0.773 bits per heavy atom. The number of nitrogens with zero attached hydrogens (tertiary/aromatic N) is 1. The maximum absolute atomic E-state index is 6.35. The molecule has 0 aliphatic heterocycles. The van der Waals surface area contributed by atoms with Crippen LogP contribution in [0.1, 0.15) is 0 Å². The molecule has 2 N–H and O–H groups in total. The van der Waals surface area contributed by atoms with E-state index in [1.807, 2.05) is 24.3 Å². The molecule has 110 valence electrons. The minimum absolute atomic E-state index is 0. The van der Waals surface area contributed by atoms with Crippen LogP contribution in [0.25, 0.3) is 27.5 Å². The van der Waals surface area contributed by atoms with Crippen molar-refractivity contribution >= 4 is 55.8 Å². The van der Waals surface area contributed by atoms with Crippen molar-refractivity contribution in [3.05, 3.63) is 71.2 Å². The first kappa shape index (κ1) is 14.9. The summed E-state index contributed by atoms with van der Waals surface area (Å²) in [7, 11) is 0. The summed E-state index contributed by atoms with van der Waals surface area (Å²) < 4.78 is 3.15. The first-order valence-electron chi connectivity index (χ1n) is 6.80. The van der Waals surface area contributed by atoms with Crippen molar-refractivity contribution < 1.29 is 0 Å². The fourth-order valence-electron chi connectivity index (χ4n) is 2.90. The number of para-hydroxylation sites is 2. The number of anilines is 1. The van der Waals surface area contributed by atoms with E-state index in [0.29, 0.717) is 0 Å². The van der Waals surface area contributed by atoms with Crippen molar-refractivity contribution in [2.45, 2.75) is 0 Å². The lowest BCUT2D eigenvalue weighted by atomic mass is 10.1. The van der Waals surface area contributed by atoms with E-state index in [2.05, 4.69) is 63.0 Å². The van der Waals surface area contributed by atoms with Gasteiger partial charge in [0.1, 0.15) is 0 Å². The first-order valence-corrected chi connectivity index (χ1v) is 7.59. The normalized spacial score (nSPS) is 10.8. The van der Waals surface area contributed by atoms with E-state index in [1.165, 1.54) is 16.3 Å². The van der Waals surface area contributed by atoms with Gasteiger partial charge in [0.25, 0.3) is 0 Å². The predicted molar refractivity (Wildman–Crippen MR) is 100 cm³/mol. The number of halogens is 2. The number of aromatic nitrogens is 1. The number of nitrogen functional groups attached to an aromatic ring is 1. The van der Waals surface area contributed by atoms with Crippen LogP contribution in [0, 0.1) is 0 Å². The van der Waals surface area contributed by atoms with Gasteiger partial charge < -0.3 is 10.3 Å². The highest BCUT2D eigenvalue weighted by atomic mass is 79.9. The van der Waals surface area contributed by atoms with Crippen LogP contribution in [-0.4, -0.2) is 4.57 Å². The summed E-state index contributed by atoms with van der Waals surface area (Å²) in [6.07, 6.45) is 0. The maximum Gasteiger partial charge on any atom is 0.0782 e. The smallest absolute Gasteiger partial charge is 0.0782 e. The number of nitrogens with two attached hydrogens (primary N) is 1. The molecule has 0 radical (unpaired) electrons. The van der Waals surface area contributed by atoms with E-state index >= 15 is 0 Å². The minimum Gasteiger partial charge on any atom is -0.396 e. The van der Waals surface area contributed by atoms with Gasteiger partial charge in [0.15, 0.2) is 0 Å². The fraction of sp³-hybridized carbons (Fsp3) is 0. The van der Waals surface area contributed by atoms with Gasteiger partial charge in [-0.1, -0.05) is 42.5 Å². The second-order valence-electron chi connectivity index (χ2n) is 5.05. The highest BCUT2D eigenvalue weighted by Crippen LogP contribution is 2.37. The Bertz CT molecular complexity index is 961. The third-order valence-electron chi connectivity index (χ3n) is 3.84. The molecule has 4 rings (SSSR count). The molecular weight excluding hydrogens is 360 g/mol. The van der Waals surface area contributed by atoms with E-state index in [0.717, 1.165) is 21.4 Å². The van der Waals surface area contributed by atoms with Crippen molar-refractivity contribution in [1.29, 1.82) is 0 Å². The summed E-state index contributed by atoms with van der Waals surface area (Å²) in [6.45, 7) is 0. The molecule has 0 fully saturated rings. The zero-order valence-electron chi connectivity index (χ0n) is 11.7. The van der Waals surface area contributed by atoms with Crippen LogP contribution in [0.3, 0.4) is 0 Å². The molecule has 0 aliphatic rings. The van der Waals surface area contributed by atoms with E-state index < -0.39 is 0 Å². The third-order valence-corrected chi connectivity index (χ3v) is 4.53. The quantitative estimate of drug-likeness (QED) is 0.436. The molecule has 1 aromatic heterocycles. The fourth-order valence-corrected chi connectivity index (χ4v) is 3.22. The van der Waals surface area contributed by atoms with Gasteiger partial charge in [0.2, 0.25) is 0 Å². The Morgan fingerprint density at radius 3 is 2.23 bits per heavy atom. The first-order chi connectivity index (χ1) is 10.3. The van der Waals surface area contributed by atoms with Crippen LogP contribution >= 0.6 is 28.3 Å². The van der Waals surface area contributed by atoms with Crippen molar-refractivity contribution in [3.63, 3.8) is 0 Å². The summed E-state index contributed by atoms with van der Waals surface area (Å²) >= 11 is 3.54. The van der Waals surface area contributed by atoms with E-state index in [-0.39, 0.29) is 12.4 Å². The molecule has 0 bridgehead atoms. The molecule has 1 heterocycles. The predicted octanol–water partition coefficient (Wildman–Crippen LogP) is 5.55. The van der Waals surface area contributed by atoms with Crippen LogP contribution in [0.15, 0.2) is 71.2 Å². The van der Waals surface area contributed by atoms with Gasteiger partial charge in [-0.15, -0.1) is 12.4 Å². The molecule has 4 heteroatoms. The van der Waals surface area contributed by atoms with Gasteiger partial charge in [-0.2, -0.15) is 0 Å². The zero-order chi connectivity index (χ0) is 14.4. The maximum atomic E-state index is 6.35. The van der Waals surface area contributed by atoms with Gasteiger partial charge in [-0.05, 0) is 40.2 Å². The molecule has 0 spiro atoms. The van der Waals surface area contributed by atoms with Gasteiger partial charge >= 0.3 is 0 Å². The largest absolute Gasteiger partial charge is 0.396 e. The standard InChI is InChI=1S/C18H13BrN2.ClH/c19-15-11-10-14-13-8-4-5-9-16(13)21(18(14)17(15)20)12-6-2-1-3-7-12;/h1-11H,20H2;1H. The molecule has 0 atom stereocenters. The Hall–Kier alpha value is -1.97. The molecule has 0 saturated carbocycles. The Kier molecular flexibility index (Phi) is 3.85. The van der Waals surface area contributed by atoms with Crippen LogP contribution in [0.2, 0.25) is 0 Å². The molecule has 22 heavy (non-hydrogen) atoms. The molecule has 3 aromatic carbocycles. The van der Waals surface area contributed by atoms with Crippen molar-refractivity contribution in [1.82, 2.24) is 4.57 Å². The van der Waals surface area contributed by atoms with Gasteiger partial charge in [0.05, 0.1) is 16.7 Å². The summed E-state index contributed by atoms with van der Waals surface area (Å²) in [5, 5.41) is 2.39. The second-order valence-corrected chi connectivity index (χ2v) is 5.90. The van der Waals surface area contributed by atoms with Gasteiger partial charge in [-0.3, -0.25) is 0 Å². The lowest BCUT2D eigenvalue weighted by Crippen LogP contribution is -1.97. The Balaban J connectivity index is 0.00000144. The van der Waals surface area contributed by atoms with Gasteiger partial charge in [-0.25, -0.2) is 0 Å². The van der Waals surface area contributed by atoms with E-state index in [9.17, 15) is 0 Å². The highest BCUT2D eigenvalue weighted by Gasteiger charge is 2.15. The van der Waals surface area contributed by atoms with Crippen LogP contribution in [0.4, 0.5) is 5.69 Å². The Labute approximate surface area is 143 Å². The molecule has 0 saturated heterocycles. The second kappa shape index (κ2) is 5.67. The zero-order valence-corrected chi connectivity index (χ0v) is 14.1. The third kappa shape index (κ3) is 2.09. The molecule has 4 aromatic rings. The van der Waals surface area contributed by atoms with Crippen molar-refractivity contribution in [2.75, 3.05) is 5.73 Å². The minimum atomic E-state index is 0. The van der Waals surface area contributed by atoms with Crippen LogP contribution < -0.4 is 5.73 Å². The molecule has 0 amide bonds. The summed E-state index contributed by atoms with van der Waals surface area (Å²) in [5.41, 5.74) is 10.5. The van der Waals surface area contributed by atoms with Gasteiger partial charge in [0, 0.05) is 20.9 Å². The lowest BCUT2D eigenvalue weighted by molar-refractivity contribution is 1.18. The molecule has 0 aliphatic carbocycles. The Morgan fingerprint density at radius 2 is 1.45 bits per heavy atom. The molecule has 0 unspecified atom stereocenters. The summed E-state index contributed by atoms with van der Waals surface area (Å²) in [6, 6.07) is 22.9. The van der Waals surface area contributed by atoms with E-state index in [4.69, 9.17) is 5.73 Å². The number of benzene rings is 3. The van der Waals surface area contributed by atoms with Crippen LogP contribution in [0.5, 0.6) is 0 Å². The number of rotatable bonds is 1. The van der Waals surface area contributed by atoms with Crippen molar-refractivity contribution in [2.24, 2.45) is 0 Å². The molecule has 2 nitrogen and oxygen atoms in total. The lowest BCUT2D eigenvalue weighted by Gasteiger charge is -2.09. The average molecular weight is 374 g/mol. The average Bonchev–Trinajstić information content (AvgIpc) is 2.87. The SMILES string of the molecule is Cl.Nc1c(Br)ccc2c3ccccc3n(-c3ccccc3)c12. The number of fused-ring (bicyclic) bond motifs is 3. The summed E-state index contributed by atoms with van der Waals surface area (Å²) in [4.78, 5) is 0. The highest BCUT2D eigenvalue weighted by molar-refractivity contribution is 9.10. The van der Waals surface area contributed by atoms with E-state index in [1.54, 1.807) is 0 Å². The van der Waals surface area contributed by atoms with Crippen LogP contribution in [-0.2, 0) is 0 Å². The monoisotopic (exact) mass is 372 g/mol. The topological polar surface area (TPSA) is 30.9 Å². The number of hydrogen-bond acceptors (Lipinski definition) is 1.